The number of hydrogen-bond acceptors (Lipinski definition) is 5. The van der Waals surface area contributed by atoms with Crippen molar-refractivity contribution in [3.63, 3.8) is 0 Å². The van der Waals surface area contributed by atoms with Gasteiger partial charge in [-0.2, -0.15) is 5.10 Å². The molecule has 2 amide bonds. The van der Waals surface area contributed by atoms with Crippen molar-refractivity contribution in [1.82, 2.24) is 25.2 Å². The Bertz CT molecular complexity index is 862. The van der Waals surface area contributed by atoms with Crippen LogP contribution in [0.25, 0.3) is 0 Å². The van der Waals surface area contributed by atoms with Crippen LogP contribution < -0.4 is 5.32 Å². The number of amides is 2. The quantitative estimate of drug-likeness (QED) is 0.686. The highest BCUT2D eigenvalue weighted by Crippen LogP contribution is 2.52. The van der Waals surface area contributed by atoms with Gasteiger partial charge in [0.25, 0.3) is 0 Å². The van der Waals surface area contributed by atoms with Crippen molar-refractivity contribution in [3.8, 4) is 0 Å². The van der Waals surface area contributed by atoms with Crippen molar-refractivity contribution < 1.29 is 14.1 Å². The highest BCUT2D eigenvalue weighted by Gasteiger charge is 2.60. The van der Waals surface area contributed by atoms with Gasteiger partial charge in [0, 0.05) is 43.6 Å². The van der Waals surface area contributed by atoms with Gasteiger partial charge >= 0.3 is 0 Å². The molecule has 0 radical (unpaired) electrons. The molecule has 8 heteroatoms. The van der Waals surface area contributed by atoms with Crippen molar-refractivity contribution >= 4 is 11.8 Å². The molecule has 2 bridgehead atoms. The molecule has 4 rings (SSSR count). The summed E-state index contributed by atoms with van der Waals surface area (Å²) in [7, 11) is 0. The number of aromatic nitrogens is 3. The zero-order valence-electron chi connectivity index (χ0n) is 17.1. The van der Waals surface area contributed by atoms with E-state index in [1.165, 1.54) is 0 Å². The van der Waals surface area contributed by atoms with Crippen molar-refractivity contribution in [1.29, 1.82) is 0 Å². The van der Waals surface area contributed by atoms with Gasteiger partial charge < -0.3 is 14.7 Å². The Balaban J connectivity index is 1.38. The lowest BCUT2D eigenvalue weighted by atomic mass is 9.71. The van der Waals surface area contributed by atoms with E-state index in [9.17, 15) is 9.59 Å². The average Bonchev–Trinajstić information content (AvgIpc) is 3.49. The predicted molar refractivity (Wildman–Crippen MR) is 106 cm³/mol. The Morgan fingerprint density at radius 3 is 2.93 bits per heavy atom. The summed E-state index contributed by atoms with van der Waals surface area (Å²) < 4.78 is 7.09. The largest absolute Gasteiger partial charge is 0.361 e. The first-order chi connectivity index (χ1) is 14.0. The van der Waals surface area contributed by atoms with Crippen LogP contribution in [-0.4, -0.2) is 50.3 Å². The van der Waals surface area contributed by atoms with E-state index in [2.05, 4.69) is 22.5 Å². The first-order valence-corrected chi connectivity index (χ1v) is 10.5. The van der Waals surface area contributed by atoms with E-state index in [1.54, 1.807) is 12.3 Å². The Hall–Kier alpha value is -2.64. The number of fused-ring (bicyclic) bond motifs is 2. The van der Waals surface area contributed by atoms with Crippen molar-refractivity contribution in [3.05, 3.63) is 36.0 Å². The molecule has 0 saturated carbocycles. The molecule has 2 aliphatic heterocycles. The van der Waals surface area contributed by atoms with Gasteiger partial charge in [-0.15, -0.1) is 0 Å². The lowest BCUT2D eigenvalue weighted by molar-refractivity contribution is -0.136. The summed E-state index contributed by atoms with van der Waals surface area (Å²) in [5.74, 6) is 0.709. The Labute approximate surface area is 170 Å². The van der Waals surface area contributed by atoms with Gasteiger partial charge in [-0.25, -0.2) is 0 Å². The number of carbonyl (C=O) groups is 2. The van der Waals surface area contributed by atoms with Crippen LogP contribution in [0, 0.1) is 12.3 Å². The summed E-state index contributed by atoms with van der Waals surface area (Å²) in [6, 6.07) is 3.81. The first-order valence-electron chi connectivity index (χ1n) is 10.5. The Kier molecular flexibility index (Phi) is 5.43. The standard InChI is InChI=1S/C21H29N5O3/c1-3-21(20(28)22-8-4-10-25-11-5-9-23-25)14-16-6-7-18(21)26(16)19(27)13-17-12-15(2)24-29-17/h5,9,11-12,16,18H,3-4,6-8,10,13-14H2,1-2H3,(H,22,28)/t16-,18+,21+/m1/s1. The molecule has 2 aliphatic rings. The molecule has 8 nitrogen and oxygen atoms in total. The topological polar surface area (TPSA) is 93.3 Å². The lowest BCUT2D eigenvalue weighted by Gasteiger charge is -2.35. The summed E-state index contributed by atoms with van der Waals surface area (Å²) in [5, 5.41) is 11.2. The van der Waals surface area contributed by atoms with Crippen LogP contribution in [0.2, 0.25) is 0 Å². The molecule has 2 saturated heterocycles. The number of rotatable bonds is 8. The minimum absolute atomic E-state index is 0.0277. The van der Waals surface area contributed by atoms with Gasteiger partial charge in [-0.3, -0.25) is 14.3 Å². The number of hydrogen-bond donors (Lipinski definition) is 1. The minimum Gasteiger partial charge on any atom is -0.361 e. The van der Waals surface area contributed by atoms with Crippen LogP contribution in [0.15, 0.2) is 29.0 Å². The van der Waals surface area contributed by atoms with Crippen LogP contribution in [0.5, 0.6) is 0 Å². The second-order valence-electron chi connectivity index (χ2n) is 8.25. The molecule has 0 aromatic carbocycles. The van der Waals surface area contributed by atoms with Gasteiger partial charge in [0.15, 0.2) is 0 Å². The summed E-state index contributed by atoms with van der Waals surface area (Å²) in [6.07, 6.45) is 8.07. The predicted octanol–water partition coefficient (Wildman–Crippen LogP) is 2.09. The highest BCUT2D eigenvalue weighted by atomic mass is 16.5. The molecule has 0 spiro atoms. The molecule has 156 valence electrons. The van der Waals surface area contributed by atoms with E-state index in [4.69, 9.17) is 4.52 Å². The first kappa shape index (κ1) is 19.7. The maximum Gasteiger partial charge on any atom is 0.230 e. The van der Waals surface area contributed by atoms with E-state index in [0.29, 0.717) is 12.3 Å². The van der Waals surface area contributed by atoms with Crippen LogP contribution in [0.4, 0.5) is 0 Å². The fraction of sp³-hybridized carbons (Fsp3) is 0.619. The summed E-state index contributed by atoms with van der Waals surface area (Å²) in [5.41, 5.74) is 0.288. The number of carbonyl (C=O) groups excluding carboxylic acids is 2. The third-order valence-electron chi connectivity index (χ3n) is 6.52. The van der Waals surface area contributed by atoms with Gasteiger partial charge in [0.1, 0.15) is 5.76 Å². The zero-order chi connectivity index (χ0) is 20.4. The third-order valence-corrected chi connectivity index (χ3v) is 6.52. The van der Waals surface area contributed by atoms with Gasteiger partial charge in [-0.1, -0.05) is 12.1 Å². The smallest absolute Gasteiger partial charge is 0.230 e. The van der Waals surface area contributed by atoms with E-state index in [0.717, 1.165) is 44.3 Å². The van der Waals surface area contributed by atoms with Gasteiger partial charge in [0.2, 0.25) is 11.8 Å². The second-order valence-corrected chi connectivity index (χ2v) is 8.25. The fourth-order valence-electron chi connectivity index (χ4n) is 5.14. The van der Waals surface area contributed by atoms with E-state index < -0.39 is 5.41 Å². The van der Waals surface area contributed by atoms with E-state index in [1.807, 2.05) is 28.8 Å². The maximum absolute atomic E-state index is 13.2. The van der Waals surface area contributed by atoms with Crippen LogP contribution in [0.3, 0.4) is 0 Å². The summed E-state index contributed by atoms with van der Waals surface area (Å²) >= 11 is 0. The van der Waals surface area contributed by atoms with Crippen LogP contribution >= 0.6 is 0 Å². The van der Waals surface area contributed by atoms with Crippen molar-refractivity contribution in [2.45, 2.75) is 71.0 Å². The molecule has 0 unspecified atom stereocenters. The normalized spacial score (nSPS) is 25.5. The Morgan fingerprint density at radius 1 is 1.38 bits per heavy atom. The van der Waals surface area contributed by atoms with E-state index in [-0.39, 0.29) is 30.3 Å². The third kappa shape index (κ3) is 3.68. The zero-order valence-corrected chi connectivity index (χ0v) is 17.1. The highest BCUT2D eigenvalue weighted by molar-refractivity contribution is 5.87. The Morgan fingerprint density at radius 2 is 2.24 bits per heavy atom. The molecule has 1 N–H and O–H groups in total. The summed E-state index contributed by atoms with van der Waals surface area (Å²) in [4.78, 5) is 28.1. The molecular weight excluding hydrogens is 370 g/mol. The van der Waals surface area contributed by atoms with Crippen molar-refractivity contribution in [2.24, 2.45) is 5.41 Å². The van der Waals surface area contributed by atoms with Gasteiger partial charge in [0.05, 0.1) is 17.5 Å². The molecule has 29 heavy (non-hydrogen) atoms. The molecular formula is C21H29N5O3. The van der Waals surface area contributed by atoms with Crippen molar-refractivity contribution in [2.75, 3.05) is 6.54 Å². The molecule has 2 fully saturated rings. The molecule has 0 aliphatic carbocycles. The molecule has 2 aromatic rings. The molecule has 2 aromatic heterocycles. The van der Waals surface area contributed by atoms with Crippen LogP contribution in [-0.2, 0) is 22.6 Å². The molecule has 4 heterocycles. The fourth-order valence-corrected chi connectivity index (χ4v) is 5.14. The minimum atomic E-state index is -0.485. The average molecular weight is 399 g/mol. The SMILES string of the molecule is CC[C@]1(C(=O)NCCCn2cccn2)C[C@H]2CC[C@@H]1N2C(=O)Cc1cc(C)no1. The number of aryl methyl sites for hydroxylation is 2. The molecule has 3 atom stereocenters. The summed E-state index contributed by atoms with van der Waals surface area (Å²) in [6.45, 7) is 5.30. The van der Waals surface area contributed by atoms with E-state index >= 15 is 0 Å². The lowest BCUT2D eigenvalue weighted by Crippen LogP contribution is -2.50. The second kappa shape index (κ2) is 8.00. The number of nitrogens with one attached hydrogen (secondary N) is 1. The monoisotopic (exact) mass is 399 g/mol. The number of nitrogens with zero attached hydrogens (tertiary/aromatic N) is 4. The van der Waals surface area contributed by atoms with Crippen LogP contribution in [0.1, 0.15) is 50.5 Å². The maximum atomic E-state index is 13.2. The van der Waals surface area contributed by atoms with Gasteiger partial charge in [-0.05, 0) is 45.1 Å².